The molecule has 274 valence electrons. The average Bonchev–Trinajstić information content (AvgIpc) is 3.14. The lowest BCUT2D eigenvalue weighted by Crippen LogP contribution is -2.39. The van der Waals surface area contributed by atoms with Crippen LogP contribution in [-0.2, 0) is 28.7 Å². The summed E-state index contributed by atoms with van der Waals surface area (Å²) in [6.07, 6.45) is -1.92. The molecule has 4 atom stereocenters. The highest BCUT2D eigenvalue weighted by Crippen LogP contribution is 2.26. The monoisotopic (exact) mass is 746 g/mol. The van der Waals surface area contributed by atoms with E-state index < -0.39 is 48.0 Å². The molecule has 4 aromatic carbocycles. The molecule has 4 rings (SSSR count). The van der Waals surface area contributed by atoms with Gasteiger partial charge in [0.05, 0.1) is 12.1 Å². The van der Waals surface area contributed by atoms with Crippen molar-refractivity contribution in [2.75, 3.05) is 41.3 Å². The Kier molecular flexibility index (Phi) is 15.2. The second-order valence-electron chi connectivity index (χ2n) is 12.8. The van der Waals surface area contributed by atoms with Crippen molar-refractivity contribution in [2.24, 2.45) is 0 Å². The number of carbonyl (C=O) groups excluding carboxylic acids is 4. The summed E-state index contributed by atoms with van der Waals surface area (Å²) in [4.78, 5) is 58.6. The number of nitrogens with zero attached hydrogens (tertiary/aromatic N) is 2. The van der Waals surface area contributed by atoms with E-state index in [4.69, 9.17) is 32.7 Å². The number of halogens is 2. The minimum Gasteiger partial charge on any atom is -0.439 e. The van der Waals surface area contributed by atoms with Crippen LogP contribution < -0.4 is 10.6 Å². The molecule has 0 heterocycles. The Balaban J connectivity index is 1.56. The van der Waals surface area contributed by atoms with Crippen LogP contribution >= 0.6 is 23.2 Å². The topological polar surface area (TPSA) is 117 Å². The largest absolute Gasteiger partial charge is 0.439 e. The molecular formula is C40H44Cl2N4O6. The third kappa shape index (κ3) is 12.2. The van der Waals surface area contributed by atoms with Crippen molar-refractivity contribution in [2.45, 2.75) is 37.1 Å². The van der Waals surface area contributed by atoms with Gasteiger partial charge in [0, 0.05) is 21.2 Å². The second-order valence-corrected chi connectivity index (χ2v) is 13.7. The van der Waals surface area contributed by atoms with Gasteiger partial charge in [-0.05, 0) is 89.5 Å². The Morgan fingerprint density at radius 3 is 1.15 bits per heavy atom. The van der Waals surface area contributed by atoms with Crippen LogP contribution in [0.25, 0.3) is 0 Å². The number of rotatable bonds is 16. The highest BCUT2D eigenvalue weighted by Gasteiger charge is 2.34. The van der Waals surface area contributed by atoms with Crippen molar-refractivity contribution in [1.29, 1.82) is 0 Å². The lowest BCUT2D eigenvalue weighted by atomic mass is 10.0. The molecule has 10 nitrogen and oxygen atoms in total. The van der Waals surface area contributed by atoms with E-state index in [2.05, 4.69) is 10.6 Å². The van der Waals surface area contributed by atoms with Gasteiger partial charge in [0.25, 0.3) is 11.8 Å². The van der Waals surface area contributed by atoms with E-state index in [1.54, 1.807) is 84.9 Å². The third-order valence-electron chi connectivity index (χ3n) is 8.21. The number of benzene rings is 4. The molecule has 0 spiro atoms. The van der Waals surface area contributed by atoms with Gasteiger partial charge in [-0.2, -0.15) is 0 Å². The van der Waals surface area contributed by atoms with Gasteiger partial charge >= 0.3 is 11.9 Å². The Bertz CT molecular complexity index is 1630. The minimum absolute atomic E-state index is 0.340. The zero-order valence-corrected chi connectivity index (χ0v) is 31.1. The van der Waals surface area contributed by atoms with Crippen LogP contribution in [0.4, 0.5) is 0 Å². The SMILES string of the molecule is CN(C)CCC(NC(=O)C(OC(=O)C(=O)OC(C(=O)NC(CCN(C)C)c1ccc(Cl)cc1)c1ccccc1)c1ccccc1)c1ccc(Cl)cc1. The Morgan fingerprint density at radius 1 is 0.519 bits per heavy atom. The van der Waals surface area contributed by atoms with Crippen molar-refractivity contribution in [3.8, 4) is 0 Å². The molecule has 0 radical (unpaired) electrons. The van der Waals surface area contributed by atoms with Crippen LogP contribution in [0.1, 0.15) is 59.4 Å². The van der Waals surface area contributed by atoms with Gasteiger partial charge < -0.3 is 29.9 Å². The fourth-order valence-electron chi connectivity index (χ4n) is 5.42. The first-order valence-electron chi connectivity index (χ1n) is 16.8. The average molecular weight is 748 g/mol. The number of amides is 2. The fraction of sp³-hybridized carbons (Fsp3) is 0.300. The van der Waals surface area contributed by atoms with E-state index in [0.717, 1.165) is 11.1 Å². The number of hydrogen-bond donors (Lipinski definition) is 2. The van der Waals surface area contributed by atoms with Crippen LogP contribution in [0.3, 0.4) is 0 Å². The summed E-state index contributed by atoms with van der Waals surface area (Å²) in [6.45, 7) is 1.29. The first-order chi connectivity index (χ1) is 24.9. The molecule has 2 N–H and O–H groups in total. The van der Waals surface area contributed by atoms with Gasteiger partial charge in [-0.3, -0.25) is 9.59 Å². The maximum Gasteiger partial charge on any atom is 0.418 e. The molecular weight excluding hydrogens is 703 g/mol. The van der Waals surface area contributed by atoms with E-state index in [-0.39, 0.29) is 0 Å². The summed E-state index contributed by atoms with van der Waals surface area (Å²) < 4.78 is 11.2. The van der Waals surface area contributed by atoms with Crippen LogP contribution in [0.5, 0.6) is 0 Å². The van der Waals surface area contributed by atoms with Crippen molar-refractivity contribution in [3.63, 3.8) is 0 Å². The number of ether oxygens (including phenoxy) is 2. The van der Waals surface area contributed by atoms with Gasteiger partial charge in [0.1, 0.15) is 0 Å². The number of esters is 2. The molecule has 0 saturated heterocycles. The van der Waals surface area contributed by atoms with Crippen LogP contribution in [0, 0.1) is 0 Å². The molecule has 0 aromatic heterocycles. The number of nitrogens with one attached hydrogen (secondary N) is 2. The lowest BCUT2D eigenvalue weighted by molar-refractivity contribution is -0.177. The molecule has 52 heavy (non-hydrogen) atoms. The highest BCUT2D eigenvalue weighted by atomic mass is 35.5. The van der Waals surface area contributed by atoms with Crippen molar-refractivity contribution < 1.29 is 28.7 Å². The summed E-state index contributed by atoms with van der Waals surface area (Å²) in [7, 11) is 7.69. The third-order valence-corrected chi connectivity index (χ3v) is 8.71. The van der Waals surface area contributed by atoms with Gasteiger partial charge in [0.15, 0.2) is 0 Å². The predicted octanol–water partition coefficient (Wildman–Crippen LogP) is 6.48. The molecule has 0 aliphatic heterocycles. The Hall–Kier alpha value is -4.74. The van der Waals surface area contributed by atoms with Crippen LogP contribution in [0.2, 0.25) is 10.0 Å². The number of hydrogen-bond acceptors (Lipinski definition) is 8. The van der Waals surface area contributed by atoms with E-state index in [1.165, 1.54) is 0 Å². The van der Waals surface area contributed by atoms with Gasteiger partial charge in [-0.1, -0.05) is 108 Å². The van der Waals surface area contributed by atoms with Crippen molar-refractivity contribution in [1.82, 2.24) is 20.4 Å². The summed E-state index contributed by atoms with van der Waals surface area (Å²) in [5.74, 6) is -4.16. The molecule has 2 amide bonds. The fourth-order valence-corrected chi connectivity index (χ4v) is 5.67. The van der Waals surface area contributed by atoms with Gasteiger partial charge in [-0.15, -0.1) is 0 Å². The highest BCUT2D eigenvalue weighted by molar-refractivity contribution is 6.31. The maximum absolute atomic E-state index is 13.9. The summed E-state index contributed by atoms with van der Waals surface area (Å²) in [6, 6.07) is 30.0. The Labute approximate surface area is 315 Å². The van der Waals surface area contributed by atoms with Crippen molar-refractivity contribution >= 4 is 47.0 Å². The first-order valence-corrected chi connectivity index (χ1v) is 17.6. The Morgan fingerprint density at radius 2 is 0.846 bits per heavy atom. The zero-order chi connectivity index (χ0) is 37.6. The summed E-state index contributed by atoms with van der Waals surface area (Å²) in [5.41, 5.74) is 2.29. The van der Waals surface area contributed by atoms with E-state index in [0.29, 0.717) is 47.1 Å². The number of carbonyl (C=O) groups is 4. The zero-order valence-electron chi connectivity index (χ0n) is 29.6. The van der Waals surface area contributed by atoms with E-state index in [9.17, 15) is 19.2 Å². The summed E-state index contributed by atoms with van der Waals surface area (Å²) in [5, 5.41) is 7.06. The first kappa shape index (κ1) is 40.0. The molecule has 4 unspecified atom stereocenters. The maximum atomic E-state index is 13.9. The minimum atomic E-state index is -1.50. The molecule has 0 aliphatic carbocycles. The molecule has 0 saturated carbocycles. The van der Waals surface area contributed by atoms with Crippen LogP contribution in [0.15, 0.2) is 109 Å². The molecule has 0 aliphatic rings. The molecule has 4 aromatic rings. The predicted molar refractivity (Wildman–Crippen MR) is 202 cm³/mol. The quantitative estimate of drug-likeness (QED) is 0.0989. The standard InChI is InChI=1S/C40H44Cl2N4O6/c1-45(2)25-23-33(27-15-19-31(41)20-16-27)43-37(47)35(29-11-7-5-8-12-29)51-39(49)40(50)52-36(30-13-9-6-10-14-30)38(48)44-34(24-26-46(3)4)28-17-21-32(42)22-18-28/h5-22,33-36H,23-26H2,1-4H3,(H,43,47)(H,44,48). The molecule has 0 fully saturated rings. The van der Waals surface area contributed by atoms with Crippen molar-refractivity contribution in [3.05, 3.63) is 141 Å². The van der Waals surface area contributed by atoms with E-state index >= 15 is 0 Å². The van der Waals surface area contributed by atoms with Gasteiger partial charge in [-0.25, -0.2) is 9.59 Å². The molecule has 0 bridgehead atoms. The smallest absolute Gasteiger partial charge is 0.418 e. The van der Waals surface area contributed by atoms with E-state index in [1.807, 2.05) is 62.3 Å². The molecule has 12 heteroatoms. The lowest BCUT2D eigenvalue weighted by Gasteiger charge is -2.25. The van der Waals surface area contributed by atoms with Crippen LogP contribution in [-0.4, -0.2) is 74.8 Å². The normalized spacial score (nSPS) is 13.5. The second kappa shape index (κ2) is 19.8. The van der Waals surface area contributed by atoms with Gasteiger partial charge in [0.2, 0.25) is 12.2 Å². The summed E-state index contributed by atoms with van der Waals surface area (Å²) >= 11 is 12.2.